The Hall–Kier alpha value is -2.06. The minimum absolute atomic E-state index is 0.0801. The molecule has 0 fully saturated rings. The molecule has 3 rings (SSSR count). The summed E-state index contributed by atoms with van der Waals surface area (Å²) in [6, 6.07) is 5.31. The van der Waals surface area contributed by atoms with Gasteiger partial charge in [-0.25, -0.2) is 4.98 Å². The zero-order valence-electron chi connectivity index (χ0n) is 10.6. The molecule has 9 heteroatoms. The maximum atomic E-state index is 10.8. The van der Waals surface area contributed by atoms with Crippen LogP contribution in [0, 0.1) is 0 Å². The van der Waals surface area contributed by atoms with E-state index in [9.17, 15) is 4.79 Å². The normalized spacial score (nSPS) is 11.1. The molecule has 108 valence electrons. The smallest absolute Gasteiger partial charge is 0.313 e. The first kappa shape index (κ1) is 13.9. The molecule has 1 N–H and O–H groups in total. The monoisotopic (exact) mass is 324 g/mol. The highest BCUT2D eigenvalue weighted by Crippen LogP contribution is 2.26. The number of hydrogen-bond acceptors (Lipinski definition) is 6. The zero-order valence-corrected chi connectivity index (χ0v) is 12.1. The fourth-order valence-corrected chi connectivity index (χ4v) is 2.77. The Morgan fingerprint density at radius 2 is 2.33 bits per heavy atom. The molecule has 21 heavy (non-hydrogen) atoms. The van der Waals surface area contributed by atoms with Gasteiger partial charge in [-0.15, -0.1) is 0 Å². The van der Waals surface area contributed by atoms with Crippen LogP contribution in [0.15, 0.2) is 34.3 Å². The molecule has 0 unspecified atom stereocenters. The maximum Gasteiger partial charge on any atom is 0.313 e. The fourth-order valence-electron chi connectivity index (χ4n) is 1.87. The molecule has 0 saturated heterocycles. The first-order valence-electron chi connectivity index (χ1n) is 5.89. The maximum absolute atomic E-state index is 10.8. The van der Waals surface area contributed by atoms with Gasteiger partial charge in [0.05, 0.1) is 23.3 Å². The lowest BCUT2D eigenvalue weighted by Gasteiger charge is -2.05. The lowest BCUT2D eigenvalue weighted by atomic mass is 10.3. The number of rotatable bonds is 5. The number of thioether (sulfide) groups is 1. The second-order valence-electron chi connectivity index (χ2n) is 4.14. The molecule has 0 amide bonds. The minimum atomic E-state index is -0.906. The van der Waals surface area contributed by atoms with Crippen molar-refractivity contribution in [2.75, 3.05) is 5.75 Å². The summed E-state index contributed by atoms with van der Waals surface area (Å²) in [7, 11) is 0. The number of halogens is 1. The van der Waals surface area contributed by atoms with Crippen molar-refractivity contribution in [3.8, 4) is 0 Å². The van der Waals surface area contributed by atoms with Crippen molar-refractivity contribution >= 4 is 40.4 Å². The zero-order chi connectivity index (χ0) is 14.8. The number of aliphatic carboxylic acids is 1. The van der Waals surface area contributed by atoms with Gasteiger partial charge in [0.2, 0.25) is 6.39 Å². The molecular formula is C12H9ClN4O3S. The highest BCUT2D eigenvalue weighted by atomic mass is 35.5. The van der Waals surface area contributed by atoms with Crippen LogP contribution in [-0.2, 0) is 11.3 Å². The van der Waals surface area contributed by atoms with Gasteiger partial charge in [-0.05, 0) is 18.2 Å². The summed E-state index contributed by atoms with van der Waals surface area (Å²) in [4.78, 5) is 19.1. The van der Waals surface area contributed by atoms with Crippen LogP contribution in [0.2, 0.25) is 5.02 Å². The Bertz CT molecular complexity index is 787. The van der Waals surface area contributed by atoms with Gasteiger partial charge in [0.1, 0.15) is 0 Å². The molecule has 0 bridgehead atoms. The Balaban J connectivity index is 2.03. The van der Waals surface area contributed by atoms with Gasteiger partial charge in [0.15, 0.2) is 11.0 Å². The van der Waals surface area contributed by atoms with Gasteiger partial charge in [-0.3, -0.25) is 4.79 Å². The van der Waals surface area contributed by atoms with Crippen LogP contribution in [0.5, 0.6) is 0 Å². The van der Waals surface area contributed by atoms with Gasteiger partial charge in [-0.2, -0.15) is 4.98 Å². The van der Waals surface area contributed by atoms with E-state index in [-0.39, 0.29) is 5.75 Å². The number of nitrogens with zero attached hydrogens (tertiary/aromatic N) is 4. The molecule has 0 aliphatic rings. The van der Waals surface area contributed by atoms with Crippen LogP contribution in [0.3, 0.4) is 0 Å². The molecule has 0 radical (unpaired) electrons. The SMILES string of the molecule is O=C(O)CSc1nc2cc(Cl)ccc2n1Cc1ncon1. The summed E-state index contributed by atoms with van der Waals surface area (Å²) < 4.78 is 6.55. The van der Waals surface area contributed by atoms with Crippen LogP contribution in [0.25, 0.3) is 11.0 Å². The third-order valence-corrected chi connectivity index (χ3v) is 3.90. The molecule has 0 atom stereocenters. The van der Waals surface area contributed by atoms with Gasteiger partial charge in [0, 0.05) is 5.02 Å². The quantitative estimate of drug-likeness (QED) is 0.719. The van der Waals surface area contributed by atoms with Crippen molar-refractivity contribution in [1.29, 1.82) is 0 Å². The summed E-state index contributed by atoms with van der Waals surface area (Å²) in [6.07, 6.45) is 1.25. The van der Waals surface area contributed by atoms with Crippen LogP contribution in [0.1, 0.15) is 5.82 Å². The Kier molecular flexibility index (Phi) is 3.80. The number of hydrogen-bond donors (Lipinski definition) is 1. The van der Waals surface area contributed by atoms with Gasteiger partial charge >= 0.3 is 5.97 Å². The molecule has 1 aromatic carbocycles. The first-order chi connectivity index (χ1) is 10.1. The topological polar surface area (TPSA) is 94.0 Å². The van der Waals surface area contributed by atoms with Gasteiger partial charge < -0.3 is 14.2 Å². The molecule has 3 aromatic rings. The molecule has 0 aliphatic heterocycles. The highest BCUT2D eigenvalue weighted by molar-refractivity contribution is 7.99. The van der Waals surface area contributed by atoms with Crippen molar-refractivity contribution in [1.82, 2.24) is 19.7 Å². The van der Waals surface area contributed by atoms with E-state index in [1.807, 2.05) is 10.6 Å². The summed E-state index contributed by atoms with van der Waals surface area (Å²) >= 11 is 7.09. The van der Waals surface area contributed by atoms with Crippen molar-refractivity contribution < 1.29 is 14.4 Å². The Morgan fingerprint density at radius 1 is 1.48 bits per heavy atom. The van der Waals surface area contributed by atoms with Crippen LogP contribution < -0.4 is 0 Å². The predicted octanol–water partition coefficient (Wildman–Crippen LogP) is 2.30. The lowest BCUT2D eigenvalue weighted by Crippen LogP contribution is -2.05. The summed E-state index contributed by atoms with van der Waals surface area (Å²) in [5.74, 6) is -0.499. The largest absolute Gasteiger partial charge is 0.481 e. The standard InChI is InChI=1S/C12H9ClN4O3S/c13-7-1-2-9-8(3-7)15-12(21-5-11(18)19)17(9)4-10-14-6-20-16-10/h1-3,6H,4-5H2,(H,18,19). The summed E-state index contributed by atoms with van der Waals surface area (Å²) in [5.41, 5.74) is 1.52. The lowest BCUT2D eigenvalue weighted by molar-refractivity contribution is -0.133. The number of carboxylic acid groups (broad SMARTS) is 1. The molecule has 0 saturated carbocycles. The second-order valence-corrected chi connectivity index (χ2v) is 5.52. The first-order valence-corrected chi connectivity index (χ1v) is 7.25. The van der Waals surface area contributed by atoms with E-state index in [2.05, 4.69) is 15.1 Å². The minimum Gasteiger partial charge on any atom is -0.481 e. The van der Waals surface area contributed by atoms with E-state index in [0.717, 1.165) is 17.3 Å². The van der Waals surface area contributed by atoms with Crippen molar-refractivity contribution in [3.05, 3.63) is 35.4 Å². The molecule has 2 aromatic heterocycles. The average molecular weight is 325 g/mol. The van der Waals surface area contributed by atoms with Crippen molar-refractivity contribution in [3.63, 3.8) is 0 Å². The third kappa shape index (κ3) is 3.01. The van der Waals surface area contributed by atoms with E-state index in [0.29, 0.717) is 28.1 Å². The highest BCUT2D eigenvalue weighted by Gasteiger charge is 2.15. The summed E-state index contributed by atoms with van der Waals surface area (Å²) in [5, 5.41) is 13.7. The number of carboxylic acids is 1. The van der Waals surface area contributed by atoms with Crippen LogP contribution in [0.4, 0.5) is 0 Å². The van der Waals surface area contributed by atoms with Gasteiger partial charge in [0.25, 0.3) is 0 Å². The number of carbonyl (C=O) groups is 1. The molecular weight excluding hydrogens is 316 g/mol. The molecule has 2 heterocycles. The van der Waals surface area contributed by atoms with E-state index < -0.39 is 5.97 Å². The molecule has 0 aliphatic carbocycles. The third-order valence-electron chi connectivity index (χ3n) is 2.71. The van der Waals surface area contributed by atoms with E-state index in [4.69, 9.17) is 21.2 Å². The van der Waals surface area contributed by atoms with Crippen molar-refractivity contribution in [2.45, 2.75) is 11.7 Å². The fraction of sp³-hybridized carbons (Fsp3) is 0.167. The Morgan fingerprint density at radius 3 is 3.05 bits per heavy atom. The van der Waals surface area contributed by atoms with Crippen molar-refractivity contribution in [2.24, 2.45) is 0 Å². The second kappa shape index (κ2) is 5.74. The average Bonchev–Trinajstić information content (AvgIpc) is 3.05. The predicted molar refractivity (Wildman–Crippen MR) is 76.5 cm³/mol. The van der Waals surface area contributed by atoms with E-state index in [1.165, 1.54) is 6.39 Å². The van der Waals surface area contributed by atoms with E-state index >= 15 is 0 Å². The number of fused-ring (bicyclic) bond motifs is 1. The van der Waals surface area contributed by atoms with Crippen LogP contribution in [-0.4, -0.2) is 36.5 Å². The summed E-state index contributed by atoms with van der Waals surface area (Å²) in [6.45, 7) is 0.344. The van der Waals surface area contributed by atoms with Gasteiger partial charge in [-0.1, -0.05) is 28.5 Å². The Labute approximate surface area is 127 Å². The number of benzene rings is 1. The van der Waals surface area contributed by atoms with E-state index in [1.54, 1.807) is 12.1 Å². The molecule has 0 spiro atoms. The number of imidazole rings is 1. The molecule has 7 nitrogen and oxygen atoms in total. The van der Waals surface area contributed by atoms with Crippen LogP contribution >= 0.6 is 23.4 Å². The number of aromatic nitrogens is 4.